The molecular formula is C20H18N2O4S2. The molecule has 2 aromatic heterocycles. The first-order valence-corrected chi connectivity index (χ1v) is 10.4. The van der Waals surface area contributed by atoms with Crippen LogP contribution in [-0.4, -0.2) is 29.3 Å². The summed E-state index contributed by atoms with van der Waals surface area (Å²) in [5.41, 5.74) is 1.21. The largest absolute Gasteiger partial charge is 0.453 e. The monoisotopic (exact) mass is 414 g/mol. The second kappa shape index (κ2) is 9.38. The molecule has 0 aliphatic rings. The van der Waals surface area contributed by atoms with Crippen molar-refractivity contribution in [1.29, 1.82) is 0 Å². The molecule has 3 aromatic rings. The summed E-state index contributed by atoms with van der Waals surface area (Å²) in [5, 5.41) is 7.06. The fourth-order valence-corrected chi connectivity index (χ4v) is 3.96. The van der Waals surface area contributed by atoms with Crippen LogP contribution in [0.1, 0.15) is 40.6 Å². The number of hydrogen-bond donors (Lipinski definition) is 1. The van der Waals surface area contributed by atoms with E-state index in [1.165, 1.54) is 22.7 Å². The Balaban J connectivity index is 1.53. The van der Waals surface area contributed by atoms with Gasteiger partial charge in [0.1, 0.15) is 5.01 Å². The van der Waals surface area contributed by atoms with Gasteiger partial charge in [-0.25, -0.2) is 9.78 Å². The van der Waals surface area contributed by atoms with E-state index in [1.807, 2.05) is 24.4 Å². The number of amides is 1. The number of thiazole rings is 1. The number of rotatable bonds is 8. The normalized spacial score (nSPS) is 10.5. The highest BCUT2D eigenvalue weighted by atomic mass is 32.1. The number of anilines is 1. The molecule has 0 aliphatic heterocycles. The van der Waals surface area contributed by atoms with E-state index in [4.69, 9.17) is 4.74 Å². The minimum atomic E-state index is -0.629. The van der Waals surface area contributed by atoms with Gasteiger partial charge in [0.25, 0.3) is 0 Å². The predicted octanol–water partition coefficient (Wildman–Crippen LogP) is 4.65. The number of hydrogen-bond acceptors (Lipinski definition) is 7. The van der Waals surface area contributed by atoms with E-state index < -0.39 is 5.97 Å². The zero-order chi connectivity index (χ0) is 19.9. The summed E-state index contributed by atoms with van der Waals surface area (Å²) in [6.07, 6.45) is 1.21. The minimum absolute atomic E-state index is 0.0688. The van der Waals surface area contributed by atoms with Crippen molar-refractivity contribution in [2.45, 2.75) is 19.8 Å². The smallest absolute Gasteiger partial charge is 0.358 e. The average Bonchev–Trinajstić information content (AvgIpc) is 3.38. The van der Waals surface area contributed by atoms with Crippen molar-refractivity contribution in [1.82, 2.24) is 4.98 Å². The Morgan fingerprint density at radius 1 is 1.11 bits per heavy atom. The number of carbonyl (C=O) groups is 3. The molecule has 1 N–H and O–H groups in total. The highest BCUT2D eigenvalue weighted by Crippen LogP contribution is 2.28. The van der Waals surface area contributed by atoms with Gasteiger partial charge in [-0.1, -0.05) is 13.0 Å². The van der Waals surface area contributed by atoms with Crippen LogP contribution in [-0.2, 0) is 9.53 Å². The maximum atomic E-state index is 12.2. The maximum absolute atomic E-state index is 12.2. The zero-order valence-corrected chi connectivity index (χ0v) is 16.8. The second-order valence-corrected chi connectivity index (χ2v) is 7.70. The summed E-state index contributed by atoms with van der Waals surface area (Å²) < 4.78 is 5.09. The minimum Gasteiger partial charge on any atom is -0.453 e. The fourth-order valence-electron chi connectivity index (χ4n) is 2.36. The van der Waals surface area contributed by atoms with Crippen LogP contribution in [0.5, 0.6) is 0 Å². The quantitative estimate of drug-likeness (QED) is 0.428. The molecule has 1 amide bonds. The summed E-state index contributed by atoms with van der Waals surface area (Å²) in [6.45, 7) is 1.56. The predicted molar refractivity (Wildman–Crippen MR) is 110 cm³/mol. The van der Waals surface area contributed by atoms with E-state index in [9.17, 15) is 14.4 Å². The lowest BCUT2D eigenvalue weighted by atomic mass is 10.1. The summed E-state index contributed by atoms with van der Waals surface area (Å²) in [6, 6.07) is 10.3. The van der Waals surface area contributed by atoms with Crippen LogP contribution in [0, 0.1) is 0 Å². The SMILES string of the molecule is CCCC(=O)Nc1ccc(C(=O)COC(=O)c2csc(-c3cccs3)n2)cc1. The Kier molecular flexibility index (Phi) is 6.67. The first kappa shape index (κ1) is 19.9. The molecule has 8 heteroatoms. The van der Waals surface area contributed by atoms with Crippen molar-refractivity contribution >= 4 is 46.0 Å². The van der Waals surface area contributed by atoms with E-state index in [0.29, 0.717) is 17.7 Å². The van der Waals surface area contributed by atoms with E-state index in [0.717, 1.165) is 16.3 Å². The van der Waals surface area contributed by atoms with Crippen molar-refractivity contribution in [3.8, 4) is 9.88 Å². The molecule has 2 heterocycles. The number of ether oxygens (including phenoxy) is 1. The van der Waals surface area contributed by atoms with Crippen molar-refractivity contribution in [3.05, 3.63) is 58.4 Å². The number of Topliss-reactive ketones (excluding diaryl/α,β-unsaturated/α-hetero) is 1. The lowest BCUT2D eigenvalue weighted by molar-refractivity contribution is -0.116. The van der Waals surface area contributed by atoms with Crippen LogP contribution in [0.4, 0.5) is 5.69 Å². The molecule has 144 valence electrons. The standard InChI is InChI=1S/C20H18N2O4S2/c1-2-4-18(24)21-14-8-6-13(7-9-14)16(23)11-26-20(25)15-12-28-19(22-15)17-5-3-10-27-17/h3,5-10,12H,2,4,11H2,1H3,(H,21,24). The van der Waals surface area contributed by atoms with Gasteiger partial charge in [-0.15, -0.1) is 22.7 Å². The molecule has 1 aromatic carbocycles. The molecule has 0 aliphatic carbocycles. The van der Waals surface area contributed by atoms with Crippen LogP contribution in [0.2, 0.25) is 0 Å². The Bertz CT molecular complexity index is 963. The lowest BCUT2D eigenvalue weighted by Crippen LogP contribution is -2.15. The van der Waals surface area contributed by atoms with E-state index >= 15 is 0 Å². The highest BCUT2D eigenvalue weighted by molar-refractivity contribution is 7.20. The van der Waals surface area contributed by atoms with Crippen molar-refractivity contribution in [3.63, 3.8) is 0 Å². The summed E-state index contributed by atoms with van der Waals surface area (Å²) in [5.74, 6) is -1.02. The number of carbonyl (C=O) groups excluding carboxylic acids is 3. The van der Waals surface area contributed by atoms with Crippen LogP contribution >= 0.6 is 22.7 Å². The second-order valence-electron chi connectivity index (χ2n) is 5.89. The van der Waals surface area contributed by atoms with Gasteiger partial charge in [0.05, 0.1) is 4.88 Å². The summed E-state index contributed by atoms with van der Waals surface area (Å²) in [4.78, 5) is 41.2. The molecule has 0 unspecified atom stereocenters. The molecule has 28 heavy (non-hydrogen) atoms. The van der Waals surface area contributed by atoms with Crippen LogP contribution in [0.25, 0.3) is 9.88 Å². The number of nitrogens with zero attached hydrogens (tertiary/aromatic N) is 1. The molecule has 0 fully saturated rings. The maximum Gasteiger partial charge on any atom is 0.358 e. The third kappa shape index (κ3) is 5.11. The molecule has 6 nitrogen and oxygen atoms in total. The number of aromatic nitrogens is 1. The molecule has 0 bridgehead atoms. The van der Waals surface area contributed by atoms with Crippen molar-refractivity contribution < 1.29 is 19.1 Å². The third-order valence-corrected chi connectivity index (χ3v) is 5.63. The van der Waals surface area contributed by atoms with Crippen LogP contribution in [0.3, 0.4) is 0 Å². The van der Waals surface area contributed by atoms with Gasteiger partial charge in [0.2, 0.25) is 5.91 Å². The molecule has 0 saturated carbocycles. The van der Waals surface area contributed by atoms with Gasteiger partial charge < -0.3 is 10.1 Å². The molecule has 0 radical (unpaired) electrons. The third-order valence-electron chi connectivity index (χ3n) is 3.75. The Hall–Kier alpha value is -2.84. The molecule has 0 saturated heterocycles. The van der Waals surface area contributed by atoms with Gasteiger partial charge in [-0.2, -0.15) is 0 Å². The molecule has 0 spiro atoms. The first-order valence-electron chi connectivity index (χ1n) is 8.66. The Morgan fingerprint density at radius 2 is 1.89 bits per heavy atom. The summed E-state index contributed by atoms with van der Waals surface area (Å²) >= 11 is 2.89. The zero-order valence-electron chi connectivity index (χ0n) is 15.1. The molecule has 0 atom stereocenters. The lowest BCUT2D eigenvalue weighted by Gasteiger charge is -2.06. The van der Waals surface area contributed by atoms with E-state index in [2.05, 4.69) is 10.3 Å². The highest BCUT2D eigenvalue weighted by Gasteiger charge is 2.16. The topological polar surface area (TPSA) is 85.4 Å². The first-order chi connectivity index (χ1) is 13.6. The van der Waals surface area contributed by atoms with Crippen LogP contribution < -0.4 is 5.32 Å². The van der Waals surface area contributed by atoms with Crippen molar-refractivity contribution in [2.24, 2.45) is 0 Å². The van der Waals surface area contributed by atoms with Crippen LogP contribution in [0.15, 0.2) is 47.2 Å². The van der Waals surface area contributed by atoms with Gasteiger partial charge >= 0.3 is 5.97 Å². The van der Waals surface area contributed by atoms with Gasteiger partial charge in [-0.3, -0.25) is 9.59 Å². The Morgan fingerprint density at radius 3 is 2.57 bits per heavy atom. The van der Waals surface area contributed by atoms with Gasteiger partial charge in [-0.05, 0) is 42.1 Å². The van der Waals surface area contributed by atoms with E-state index in [1.54, 1.807) is 29.6 Å². The molecule has 3 rings (SSSR count). The molecular weight excluding hydrogens is 396 g/mol. The van der Waals surface area contributed by atoms with Gasteiger partial charge in [0, 0.05) is 23.1 Å². The van der Waals surface area contributed by atoms with Crippen molar-refractivity contribution in [2.75, 3.05) is 11.9 Å². The number of ketones is 1. The van der Waals surface area contributed by atoms with E-state index in [-0.39, 0.29) is 24.0 Å². The number of thiophene rings is 1. The average molecular weight is 415 g/mol. The Labute approximate surface area is 170 Å². The van der Waals surface area contributed by atoms with Gasteiger partial charge in [0.15, 0.2) is 18.1 Å². The summed E-state index contributed by atoms with van der Waals surface area (Å²) in [7, 11) is 0. The fraction of sp³-hybridized carbons (Fsp3) is 0.200. The number of nitrogens with one attached hydrogen (secondary N) is 1. The number of esters is 1. The number of benzene rings is 1.